The van der Waals surface area contributed by atoms with Crippen LogP contribution in [-0.2, 0) is 6.42 Å². The molecule has 0 amide bonds. The van der Waals surface area contributed by atoms with Crippen molar-refractivity contribution in [2.45, 2.75) is 19.8 Å². The van der Waals surface area contributed by atoms with E-state index in [0.717, 1.165) is 23.9 Å². The quantitative estimate of drug-likeness (QED) is 0.706. The summed E-state index contributed by atoms with van der Waals surface area (Å²) in [6.07, 6.45) is 3.75. The zero-order valence-electron chi connectivity index (χ0n) is 12.7. The third-order valence-corrected chi connectivity index (χ3v) is 3.61. The van der Waals surface area contributed by atoms with E-state index >= 15 is 0 Å². The first kappa shape index (κ1) is 14.7. The third-order valence-electron chi connectivity index (χ3n) is 3.61. The fourth-order valence-corrected chi connectivity index (χ4v) is 2.55. The van der Waals surface area contributed by atoms with E-state index in [9.17, 15) is 5.26 Å². The van der Waals surface area contributed by atoms with E-state index in [1.807, 2.05) is 18.2 Å². The molecule has 6 heteroatoms. The van der Waals surface area contributed by atoms with Gasteiger partial charge in [0.15, 0.2) is 0 Å². The molecule has 114 valence electrons. The first-order valence-electron chi connectivity index (χ1n) is 7.44. The molecule has 0 atom stereocenters. The predicted molar refractivity (Wildman–Crippen MR) is 89.3 cm³/mol. The summed E-state index contributed by atoms with van der Waals surface area (Å²) in [6.45, 7) is 2.17. The molecular weight excluding hydrogens is 288 g/mol. The Hall–Kier alpha value is -3.20. The summed E-state index contributed by atoms with van der Waals surface area (Å²) >= 11 is 0. The summed E-state index contributed by atoms with van der Waals surface area (Å²) < 4.78 is 0. The van der Waals surface area contributed by atoms with Crippen LogP contribution >= 0.6 is 0 Å². The molecule has 0 aliphatic rings. The van der Waals surface area contributed by atoms with E-state index in [0.29, 0.717) is 5.57 Å². The second-order valence-corrected chi connectivity index (χ2v) is 5.12. The summed E-state index contributed by atoms with van der Waals surface area (Å²) in [6, 6.07) is 14.5. The highest BCUT2D eigenvalue weighted by atomic mass is 15.5. The molecule has 0 fully saturated rings. The van der Waals surface area contributed by atoms with Gasteiger partial charge in [-0.3, -0.25) is 0 Å². The number of H-pyrrole nitrogens is 1. The Morgan fingerprint density at radius 1 is 1.26 bits per heavy atom. The maximum Gasteiger partial charge on any atom is 0.216 e. The van der Waals surface area contributed by atoms with Crippen LogP contribution in [0.15, 0.2) is 42.6 Å². The Bertz CT molecular complexity index is 874. The lowest BCUT2D eigenvalue weighted by atomic mass is 10.00. The molecule has 0 unspecified atom stereocenters. The van der Waals surface area contributed by atoms with Gasteiger partial charge in [0.25, 0.3) is 0 Å². The second-order valence-electron chi connectivity index (χ2n) is 5.12. The van der Waals surface area contributed by atoms with Gasteiger partial charge < -0.3 is 5.32 Å². The number of nitrogens with zero attached hydrogens (tertiary/aromatic N) is 4. The molecule has 2 aromatic carbocycles. The van der Waals surface area contributed by atoms with Gasteiger partial charge >= 0.3 is 0 Å². The number of aromatic nitrogens is 4. The fourth-order valence-electron chi connectivity index (χ4n) is 2.55. The minimum atomic E-state index is 0.270. The smallest absolute Gasteiger partial charge is 0.216 e. The number of nitrogens with one attached hydrogen (secondary N) is 2. The van der Waals surface area contributed by atoms with Crippen molar-refractivity contribution in [3.05, 3.63) is 54.0 Å². The Morgan fingerprint density at radius 2 is 2.09 bits per heavy atom. The molecule has 1 heterocycles. The van der Waals surface area contributed by atoms with E-state index in [4.69, 9.17) is 0 Å². The van der Waals surface area contributed by atoms with E-state index in [-0.39, 0.29) is 5.82 Å². The van der Waals surface area contributed by atoms with Gasteiger partial charge in [-0.2, -0.15) is 10.5 Å². The van der Waals surface area contributed by atoms with Crippen molar-refractivity contribution >= 4 is 22.0 Å². The Kier molecular flexibility index (Phi) is 4.29. The van der Waals surface area contributed by atoms with E-state index in [2.05, 4.69) is 57.1 Å². The van der Waals surface area contributed by atoms with Crippen LogP contribution in [0.1, 0.15) is 24.7 Å². The topological polar surface area (TPSA) is 90.3 Å². The van der Waals surface area contributed by atoms with Crippen molar-refractivity contribution in [1.29, 1.82) is 5.26 Å². The third kappa shape index (κ3) is 3.04. The summed E-state index contributed by atoms with van der Waals surface area (Å²) in [7, 11) is 0. The lowest BCUT2D eigenvalue weighted by Crippen LogP contribution is -1.95. The first-order chi connectivity index (χ1) is 11.3. The van der Waals surface area contributed by atoms with Crippen LogP contribution in [0.4, 0.5) is 5.69 Å². The lowest BCUT2D eigenvalue weighted by Gasteiger charge is -2.11. The molecule has 0 saturated heterocycles. The average molecular weight is 304 g/mol. The zero-order chi connectivity index (χ0) is 16.1. The molecule has 2 N–H and O–H groups in total. The highest BCUT2D eigenvalue weighted by Gasteiger charge is 2.07. The van der Waals surface area contributed by atoms with Crippen molar-refractivity contribution in [3.63, 3.8) is 0 Å². The monoisotopic (exact) mass is 304 g/mol. The zero-order valence-corrected chi connectivity index (χ0v) is 12.7. The van der Waals surface area contributed by atoms with Crippen LogP contribution in [0, 0.1) is 11.3 Å². The normalized spacial score (nSPS) is 11.4. The molecule has 0 saturated carbocycles. The molecule has 0 aliphatic heterocycles. The van der Waals surface area contributed by atoms with Crippen LogP contribution in [0.5, 0.6) is 0 Å². The number of benzene rings is 2. The first-order valence-corrected chi connectivity index (χ1v) is 7.44. The number of hydrogen-bond donors (Lipinski definition) is 2. The molecule has 0 radical (unpaired) electrons. The number of rotatable bonds is 5. The van der Waals surface area contributed by atoms with Gasteiger partial charge in [0.1, 0.15) is 11.6 Å². The molecule has 23 heavy (non-hydrogen) atoms. The molecule has 0 bridgehead atoms. The molecule has 6 nitrogen and oxygen atoms in total. The van der Waals surface area contributed by atoms with Crippen LogP contribution < -0.4 is 5.32 Å². The standard InChI is InChI=1S/C17H16N6/c1-2-5-12-8-9-16(15-7-4-3-6-14(12)15)19-11-13(10-18)17-20-22-23-21-17/h3-4,6-9,11,19H,2,5H2,1H3,(H,20,21,22,23). The van der Waals surface area contributed by atoms with Gasteiger partial charge in [-0.05, 0) is 28.7 Å². The fraction of sp³-hybridized carbons (Fsp3) is 0.176. The van der Waals surface area contributed by atoms with Crippen LogP contribution in [0.3, 0.4) is 0 Å². The largest absolute Gasteiger partial charge is 0.360 e. The number of aryl methyl sites for hydroxylation is 1. The Labute approximate surface area is 133 Å². The minimum Gasteiger partial charge on any atom is -0.360 e. The summed E-state index contributed by atoms with van der Waals surface area (Å²) in [5.41, 5.74) is 2.59. The van der Waals surface area contributed by atoms with Crippen molar-refractivity contribution < 1.29 is 0 Å². The maximum atomic E-state index is 9.22. The number of tetrazole rings is 1. The average Bonchev–Trinajstić information content (AvgIpc) is 3.12. The van der Waals surface area contributed by atoms with Crippen LogP contribution in [0.2, 0.25) is 0 Å². The lowest BCUT2D eigenvalue weighted by molar-refractivity contribution is 0.881. The van der Waals surface area contributed by atoms with E-state index < -0.39 is 0 Å². The number of aromatic amines is 1. The molecule has 1 aromatic heterocycles. The number of fused-ring (bicyclic) bond motifs is 1. The Balaban J connectivity index is 1.98. The maximum absolute atomic E-state index is 9.22. The summed E-state index contributed by atoms with van der Waals surface area (Å²) in [4.78, 5) is 0. The second kappa shape index (κ2) is 6.71. The van der Waals surface area contributed by atoms with Gasteiger partial charge in [-0.1, -0.05) is 43.7 Å². The molecule has 0 spiro atoms. The van der Waals surface area contributed by atoms with Gasteiger partial charge in [-0.25, -0.2) is 0 Å². The molecule has 3 aromatic rings. The van der Waals surface area contributed by atoms with E-state index in [1.54, 1.807) is 6.20 Å². The molecule has 3 rings (SSSR count). The number of anilines is 1. The van der Waals surface area contributed by atoms with Gasteiger partial charge in [0, 0.05) is 17.3 Å². The van der Waals surface area contributed by atoms with Gasteiger partial charge in [-0.15, -0.1) is 10.2 Å². The van der Waals surface area contributed by atoms with E-state index in [1.165, 1.54) is 10.9 Å². The predicted octanol–water partition coefficient (Wildman–Crippen LogP) is 3.28. The van der Waals surface area contributed by atoms with Crippen molar-refractivity contribution in [2.75, 3.05) is 5.32 Å². The van der Waals surface area contributed by atoms with Crippen molar-refractivity contribution in [1.82, 2.24) is 20.6 Å². The highest BCUT2D eigenvalue weighted by molar-refractivity contribution is 5.96. The SMILES string of the molecule is CCCc1ccc(NC=C(C#N)c2nn[nH]n2)c2ccccc12. The minimum absolute atomic E-state index is 0.270. The summed E-state index contributed by atoms with van der Waals surface area (Å²) in [5, 5.41) is 28.2. The van der Waals surface area contributed by atoms with Crippen molar-refractivity contribution in [3.8, 4) is 6.07 Å². The van der Waals surface area contributed by atoms with Crippen LogP contribution in [0.25, 0.3) is 16.3 Å². The van der Waals surface area contributed by atoms with Gasteiger partial charge in [0.05, 0.1) is 0 Å². The highest BCUT2D eigenvalue weighted by Crippen LogP contribution is 2.28. The van der Waals surface area contributed by atoms with Gasteiger partial charge in [0.2, 0.25) is 5.82 Å². The van der Waals surface area contributed by atoms with Crippen molar-refractivity contribution in [2.24, 2.45) is 0 Å². The molecule has 0 aliphatic carbocycles. The van der Waals surface area contributed by atoms with Crippen LogP contribution in [-0.4, -0.2) is 20.6 Å². The number of hydrogen-bond acceptors (Lipinski definition) is 5. The molecular formula is C17H16N6. The Morgan fingerprint density at radius 3 is 2.78 bits per heavy atom. The summed E-state index contributed by atoms with van der Waals surface area (Å²) in [5.74, 6) is 0.270. The number of allylic oxidation sites excluding steroid dienone is 1. The number of nitriles is 1.